The van der Waals surface area contributed by atoms with Crippen LogP contribution in [0.1, 0.15) is 24.6 Å². The van der Waals surface area contributed by atoms with Crippen LogP contribution in [0, 0.1) is 0 Å². The first-order chi connectivity index (χ1) is 15.5. The maximum absolute atomic E-state index is 12.5. The molecule has 0 aliphatic carbocycles. The average Bonchev–Trinajstić information content (AvgIpc) is 3.24. The number of amides is 4. The second-order valence-corrected chi connectivity index (χ2v) is 8.22. The Hall–Kier alpha value is -3.14. The van der Waals surface area contributed by atoms with Crippen molar-refractivity contribution in [1.82, 2.24) is 20.1 Å². The quantitative estimate of drug-likeness (QED) is 0.591. The van der Waals surface area contributed by atoms with Crippen molar-refractivity contribution in [2.75, 3.05) is 44.6 Å². The van der Waals surface area contributed by atoms with Gasteiger partial charge in [0.15, 0.2) is 5.13 Å². The number of hydrogen-bond acceptors (Lipinski definition) is 6. The average molecular weight is 460 g/mol. The molecule has 1 aromatic heterocycles. The normalized spacial score (nSPS) is 13.5. The van der Waals surface area contributed by atoms with Gasteiger partial charge in [0, 0.05) is 38.1 Å². The van der Waals surface area contributed by atoms with Crippen LogP contribution in [0.15, 0.2) is 35.7 Å². The highest BCUT2D eigenvalue weighted by atomic mass is 32.1. The van der Waals surface area contributed by atoms with Gasteiger partial charge < -0.3 is 19.9 Å². The molecule has 1 aromatic carbocycles. The van der Waals surface area contributed by atoms with Crippen molar-refractivity contribution in [3.05, 3.63) is 47.0 Å². The molecule has 9 nitrogen and oxygen atoms in total. The van der Waals surface area contributed by atoms with E-state index in [2.05, 4.69) is 27.8 Å². The number of anilines is 1. The van der Waals surface area contributed by atoms with Crippen LogP contribution in [0.25, 0.3) is 0 Å². The molecule has 0 unspecified atom stereocenters. The number of rotatable bonds is 8. The lowest BCUT2D eigenvalue weighted by Crippen LogP contribution is -2.51. The highest BCUT2D eigenvalue weighted by molar-refractivity contribution is 7.13. The summed E-state index contributed by atoms with van der Waals surface area (Å²) in [6.45, 7) is 4.42. The summed E-state index contributed by atoms with van der Waals surface area (Å²) < 4.78 is 4.99. The summed E-state index contributed by atoms with van der Waals surface area (Å²) >= 11 is 1.29. The number of nitrogens with zero attached hydrogens (tertiary/aromatic N) is 3. The minimum atomic E-state index is -0.351. The van der Waals surface area contributed by atoms with Crippen molar-refractivity contribution in [2.24, 2.45) is 0 Å². The van der Waals surface area contributed by atoms with E-state index < -0.39 is 0 Å². The van der Waals surface area contributed by atoms with Gasteiger partial charge in [-0.3, -0.25) is 10.1 Å². The Kier molecular flexibility index (Phi) is 8.85. The smallest absolute Gasteiger partial charge is 0.409 e. The van der Waals surface area contributed by atoms with Crippen LogP contribution in [-0.4, -0.2) is 72.1 Å². The van der Waals surface area contributed by atoms with Crippen LogP contribution in [-0.2, 0) is 22.4 Å². The Morgan fingerprint density at radius 1 is 1.09 bits per heavy atom. The molecule has 0 bridgehead atoms. The van der Waals surface area contributed by atoms with Gasteiger partial charge in [0.2, 0.25) is 5.91 Å². The molecule has 0 radical (unpaired) electrons. The van der Waals surface area contributed by atoms with Gasteiger partial charge in [0.1, 0.15) is 0 Å². The van der Waals surface area contributed by atoms with Gasteiger partial charge in [0.25, 0.3) is 0 Å². The number of thiazole rings is 1. The summed E-state index contributed by atoms with van der Waals surface area (Å²) in [5.74, 6) is -0.0867. The molecule has 4 amide bonds. The summed E-state index contributed by atoms with van der Waals surface area (Å²) in [6, 6.07) is 9.90. The molecule has 0 spiro atoms. The van der Waals surface area contributed by atoms with Crippen LogP contribution in [0.4, 0.5) is 14.7 Å². The molecule has 2 aromatic rings. The third-order valence-corrected chi connectivity index (χ3v) is 5.81. The molecule has 1 fully saturated rings. The van der Waals surface area contributed by atoms with Gasteiger partial charge in [-0.25, -0.2) is 14.6 Å². The fourth-order valence-electron chi connectivity index (χ4n) is 3.31. The Morgan fingerprint density at radius 2 is 1.81 bits per heavy atom. The monoisotopic (exact) mass is 459 g/mol. The van der Waals surface area contributed by atoms with E-state index in [0.29, 0.717) is 50.2 Å². The summed E-state index contributed by atoms with van der Waals surface area (Å²) in [6.07, 6.45) is 1.62. The molecule has 0 atom stereocenters. The number of hydrogen-bond donors (Lipinski definition) is 2. The van der Waals surface area contributed by atoms with Gasteiger partial charge >= 0.3 is 12.1 Å². The third kappa shape index (κ3) is 7.23. The Morgan fingerprint density at radius 3 is 2.53 bits per heavy atom. The molecule has 32 heavy (non-hydrogen) atoms. The van der Waals surface area contributed by atoms with Crippen molar-refractivity contribution >= 4 is 34.5 Å². The van der Waals surface area contributed by atoms with E-state index in [0.717, 1.165) is 12.8 Å². The lowest BCUT2D eigenvalue weighted by atomic mass is 10.1. The molecule has 3 rings (SSSR count). The first kappa shape index (κ1) is 23.5. The first-order valence-electron chi connectivity index (χ1n) is 10.8. The van der Waals surface area contributed by atoms with Crippen molar-refractivity contribution in [1.29, 1.82) is 0 Å². The lowest BCUT2D eigenvalue weighted by molar-refractivity contribution is -0.120. The number of carbonyl (C=O) groups is 3. The van der Waals surface area contributed by atoms with E-state index in [1.54, 1.807) is 22.1 Å². The standard InChI is InChI=1S/C22H29N5O4S/c1-2-31-22(30)27-13-11-26(12-14-27)21(29)25-20-24-18(16-32-20)15-19(28)23-10-6-9-17-7-4-3-5-8-17/h3-5,7-8,16H,2,6,9-15H2,1H3,(H,23,28)(H,24,25,29). The molecule has 1 aliphatic rings. The van der Waals surface area contributed by atoms with Gasteiger partial charge in [-0.1, -0.05) is 30.3 Å². The SMILES string of the molecule is CCOC(=O)N1CCN(C(=O)Nc2nc(CC(=O)NCCCc3ccccc3)cs2)CC1. The molecule has 2 heterocycles. The summed E-state index contributed by atoms with van der Waals surface area (Å²) in [4.78, 5) is 43.9. The molecule has 10 heteroatoms. The molecule has 172 valence electrons. The Labute approximate surface area is 191 Å². The summed E-state index contributed by atoms with van der Waals surface area (Å²) in [7, 11) is 0. The van der Waals surface area contributed by atoms with Crippen LogP contribution < -0.4 is 10.6 Å². The molecular weight excluding hydrogens is 430 g/mol. The van der Waals surface area contributed by atoms with E-state index in [1.165, 1.54) is 16.9 Å². The molecule has 1 aliphatic heterocycles. The minimum Gasteiger partial charge on any atom is -0.450 e. The zero-order valence-corrected chi connectivity index (χ0v) is 19.0. The fraction of sp³-hybridized carbons (Fsp3) is 0.455. The summed E-state index contributed by atoms with van der Waals surface area (Å²) in [5, 5.41) is 7.92. The van der Waals surface area contributed by atoms with E-state index in [-0.39, 0.29) is 24.5 Å². The predicted molar refractivity (Wildman–Crippen MR) is 123 cm³/mol. The number of ether oxygens (including phenoxy) is 1. The van der Waals surface area contributed by atoms with Gasteiger partial charge in [-0.05, 0) is 25.3 Å². The number of piperazine rings is 1. The molecule has 0 saturated carbocycles. The number of benzene rings is 1. The van der Waals surface area contributed by atoms with Gasteiger partial charge in [-0.15, -0.1) is 11.3 Å². The zero-order chi connectivity index (χ0) is 22.8. The fourth-order valence-corrected chi connectivity index (χ4v) is 4.01. The largest absolute Gasteiger partial charge is 0.450 e. The summed E-state index contributed by atoms with van der Waals surface area (Å²) in [5.41, 5.74) is 1.88. The minimum absolute atomic E-state index is 0.0867. The van der Waals surface area contributed by atoms with E-state index in [1.807, 2.05) is 18.2 Å². The second kappa shape index (κ2) is 12.0. The second-order valence-electron chi connectivity index (χ2n) is 7.36. The van der Waals surface area contributed by atoms with E-state index in [4.69, 9.17) is 4.74 Å². The van der Waals surface area contributed by atoms with Gasteiger partial charge in [0.05, 0.1) is 18.7 Å². The van der Waals surface area contributed by atoms with Crippen molar-refractivity contribution in [2.45, 2.75) is 26.2 Å². The Balaban J connectivity index is 1.35. The van der Waals surface area contributed by atoms with E-state index >= 15 is 0 Å². The van der Waals surface area contributed by atoms with Crippen molar-refractivity contribution in [3.63, 3.8) is 0 Å². The van der Waals surface area contributed by atoms with Crippen LogP contribution >= 0.6 is 11.3 Å². The number of carbonyl (C=O) groups excluding carboxylic acids is 3. The van der Waals surface area contributed by atoms with Crippen LogP contribution in [0.3, 0.4) is 0 Å². The maximum Gasteiger partial charge on any atom is 0.409 e. The number of aryl methyl sites for hydroxylation is 1. The zero-order valence-electron chi connectivity index (χ0n) is 18.2. The molecular formula is C22H29N5O4S. The Bertz CT molecular complexity index is 897. The van der Waals surface area contributed by atoms with Crippen LogP contribution in [0.5, 0.6) is 0 Å². The molecule has 2 N–H and O–H groups in total. The number of aromatic nitrogens is 1. The highest BCUT2D eigenvalue weighted by Crippen LogP contribution is 2.17. The first-order valence-corrected chi connectivity index (χ1v) is 11.7. The lowest BCUT2D eigenvalue weighted by Gasteiger charge is -2.33. The number of nitrogens with one attached hydrogen (secondary N) is 2. The number of urea groups is 1. The third-order valence-electron chi connectivity index (χ3n) is 5.01. The molecule has 1 saturated heterocycles. The van der Waals surface area contributed by atoms with Crippen LogP contribution in [0.2, 0.25) is 0 Å². The van der Waals surface area contributed by atoms with Gasteiger partial charge in [-0.2, -0.15) is 0 Å². The van der Waals surface area contributed by atoms with Crippen molar-refractivity contribution in [3.8, 4) is 0 Å². The topological polar surface area (TPSA) is 104 Å². The maximum atomic E-state index is 12.5. The van der Waals surface area contributed by atoms with Crippen molar-refractivity contribution < 1.29 is 19.1 Å². The van der Waals surface area contributed by atoms with E-state index in [9.17, 15) is 14.4 Å². The predicted octanol–water partition coefficient (Wildman–Crippen LogP) is 2.74. The highest BCUT2D eigenvalue weighted by Gasteiger charge is 2.25.